The first-order valence-electron chi connectivity index (χ1n) is 15.1. The third kappa shape index (κ3) is 5.72. The Bertz CT molecular complexity index is 1720. The van der Waals surface area contributed by atoms with Gasteiger partial charge in [0.15, 0.2) is 11.5 Å². The van der Waals surface area contributed by atoms with E-state index in [0.717, 1.165) is 79.0 Å². The van der Waals surface area contributed by atoms with Gasteiger partial charge in [0.1, 0.15) is 0 Å². The fraction of sp³-hybridized carbons (Fsp3) is 0.394. The lowest BCUT2D eigenvalue weighted by atomic mass is 9.94. The standard InChI is InChI=1S/C33H41N9O2/c1-21-18-25(11-8-23(21)20-42-16-14-40(4)15-17-42)36-32(44)35-24-9-6-22(7-10-24)26-19-27(33(12-13-33)31(43)39(2)3)37-30-28(26)29(34)38-41(30)5/h6-11,18-19H,12-17,20H2,1-5H3,(H2,34,38)(H2,35,36,44). The molecule has 11 heteroatoms. The number of nitrogens with zero attached hydrogens (tertiary/aromatic N) is 6. The van der Waals surface area contributed by atoms with E-state index >= 15 is 0 Å². The molecular formula is C33H41N9O2. The number of amides is 3. The Labute approximate surface area is 258 Å². The van der Waals surface area contributed by atoms with Crippen LogP contribution < -0.4 is 16.4 Å². The Balaban J connectivity index is 1.17. The number of nitrogen functional groups attached to an aromatic ring is 1. The van der Waals surface area contributed by atoms with Crippen molar-refractivity contribution in [1.82, 2.24) is 29.5 Å². The number of benzene rings is 2. The summed E-state index contributed by atoms with van der Waals surface area (Å²) >= 11 is 0. The number of hydrogen-bond donors (Lipinski definition) is 3. The predicted molar refractivity (Wildman–Crippen MR) is 175 cm³/mol. The summed E-state index contributed by atoms with van der Waals surface area (Å²) in [6.45, 7) is 7.31. The number of rotatable bonds is 7. The van der Waals surface area contributed by atoms with E-state index in [1.54, 1.807) is 30.7 Å². The van der Waals surface area contributed by atoms with Crippen molar-refractivity contribution >= 4 is 40.2 Å². The molecule has 1 saturated heterocycles. The maximum absolute atomic E-state index is 13.1. The number of nitrogens with one attached hydrogen (secondary N) is 2. The van der Waals surface area contributed by atoms with Crippen LogP contribution in [0.2, 0.25) is 0 Å². The molecule has 6 rings (SSSR count). The van der Waals surface area contributed by atoms with Gasteiger partial charge in [0.05, 0.1) is 16.5 Å². The van der Waals surface area contributed by atoms with Gasteiger partial charge in [0.2, 0.25) is 5.91 Å². The molecule has 2 aromatic heterocycles. The van der Waals surface area contributed by atoms with Crippen molar-refractivity contribution in [1.29, 1.82) is 0 Å². The van der Waals surface area contributed by atoms with Crippen LogP contribution in [-0.4, -0.2) is 88.7 Å². The summed E-state index contributed by atoms with van der Waals surface area (Å²) in [4.78, 5) is 37.3. The molecule has 2 aromatic carbocycles. The lowest BCUT2D eigenvalue weighted by Crippen LogP contribution is -2.43. The smallest absolute Gasteiger partial charge is 0.323 e. The Kier molecular flexibility index (Phi) is 7.77. The van der Waals surface area contributed by atoms with Gasteiger partial charge in [-0.1, -0.05) is 18.2 Å². The molecule has 3 amide bonds. The molecule has 4 aromatic rings. The van der Waals surface area contributed by atoms with Crippen LogP contribution in [0.3, 0.4) is 0 Å². The van der Waals surface area contributed by atoms with Gasteiger partial charge in [-0.15, -0.1) is 0 Å². The van der Waals surface area contributed by atoms with Crippen molar-refractivity contribution in [2.45, 2.75) is 31.7 Å². The summed E-state index contributed by atoms with van der Waals surface area (Å²) in [5.41, 5.74) is 12.7. The van der Waals surface area contributed by atoms with Gasteiger partial charge in [-0.05, 0) is 79.4 Å². The molecule has 0 bridgehead atoms. The fourth-order valence-electron chi connectivity index (χ4n) is 6.11. The molecule has 3 heterocycles. The zero-order valence-corrected chi connectivity index (χ0v) is 26.1. The zero-order valence-electron chi connectivity index (χ0n) is 26.1. The van der Waals surface area contributed by atoms with E-state index in [4.69, 9.17) is 10.7 Å². The van der Waals surface area contributed by atoms with E-state index < -0.39 is 5.41 Å². The van der Waals surface area contributed by atoms with Gasteiger partial charge in [0.25, 0.3) is 0 Å². The van der Waals surface area contributed by atoms with Gasteiger partial charge < -0.3 is 26.2 Å². The van der Waals surface area contributed by atoms with Crippen LogP contribution in [0.25, 0.3) is 22.2 Å². The summed E-state index contributed by atoms with van der Waals surface area (Å²) in [7, 11) is 7.52. The monoisotopic (exact) mass is 595 g/mol. The minimum atomic E-state index is -0.619. The molecule has 11 nitrogen and oxygen atoms in total. The molecule has 1 saturated carbocycles. The van der Waals surface area contributed by atoms with Crippen LogP contribution in [0.4, 0.5) is 22.0 Å². The zero-order chi connectivity index (χ0) is 31.2. The Morgan fingerprint density at radius 2 is 1.61 bits per heavy atom. The molecule has 0 spiro atoms. The number of carbonyl (C=O) groups is 2. The maximum atomic E-state index is 13.1. The highest BCUT2D eigenvalue weighted by Gasteiger charge is 2.53. The average molecular weight is 596 g/mol. The van der Waals surface area contributed by atoms with E-state index in [2.05, 4.69) is 45.6 Å². The number of likely N-dealkylation sites (N-methyl/N-ethyl adjacent to an activating group) is 2. The molecule has 0 atom stereocenters. The van der Waals surface area contributed by atoms with Crippen LogP contribution in [0.15, 0.2) is 48.5 Å². The number of aromatic nitrogens is 3. The van der Waals surface area contributed by atoms with Gasteiger partial charge in [0, 0.05) is 65.2 Å². The van der Waals surface area contributed by atoms with Crippen molar-refractivity contribution in [3.8, 4) is 11.1 Å². The quantitative estimate of drug-likeness (QED) is 0.295. The molecule has 2 fully saturated rings. The van der Waals surface area contributed by atoms with E-state index in [1.165, 1.54) is 5.56 Å². The Morgan fingerprint density at radius 3 is 2.25 bits per heavy atom. The predicted octanol–water partition coefficient (Wildman–Crippen LogP) is 4.04. The maximum Gasteiger partial charge on any atom is 0.323 e. The Morgan fingerprint density at radius 1 is 0.955 bits per heavy atom. The van der Waals surface area contributed by atoms with Gasteiger partial charge in [-0.2, -0.15) is 5.10 Å². The largest absolute Gasteiger partial charge is 0.382 e. The van der Waals surface area contributed by atoms with Crippen molar-refractivity contribution < 1.29 is 9.59 Å². The summed E-state index contributed by atoms with van der Waals surface area (Å²) < 4.78 is 1.66. The Hall–Kier alpha value is -4.48. The van der Waals surface area contributed by atoms with Crippen LogP contribution in [-0.2, 0) is 23.8 Å². The second kappa shape index (κ2) is 11.5. The van der Waals surface area contributed by atoms with E-state index in [0.29, 0.717) is 17.2 Å². The van der Waals surface area contributed by atoms with Crippen molar-refractivity contribution in [3.63, 3.8) is 0 Å². The van der Waals surface area contributed by atoms with Gasteiger partial charge in [-0.3, -0.25) is 9.69 Å². The van der Waals surface area contributed by atoms with Crippen LogP contribution >= 0.6 is 0 Å². The number of aryl methyl sites for hydroxylation is 2. The van der Waals surface area contributed by atoms with Crippen molar-refractivity contribution in [3.05, 3.63) is 65.4 Å². The first-order valence-corrected chi connectivity index (χ1v) is 15.1. The number of urea groups is 1. The van der Waals surface area contributed by atoms with Crippen LogP contribution in [0, 0.1) is 6.92 Å². The molecular weight excluding hydrogens is 554 g/mol. The first kappa shape index (κ1) is 29.6. The van der Waals surface area contributed by atoms with Crippen LogP contribution in [0.1, 0.15) is 29.7 Å². The normalized spacial score (nSPS) is 16.6. The van der Waals surface area contributed by atoms with E-state index in [9.17, 15) is 9.59 Å². The van der Waals surface area contributed by atoms with Crippen molar-refractivity contribution in [2.75, 3.05) is 63.7 Å². The summed E-state index contributed by atoms with van der Waals surface area (Å²) in [6, 6.07) is 15.3. The van der Waals surface area contributed by atoms with Gasteiger partial charge >= 0.3 is 6.03 Å². The molecule has 1 aliphatic carbocycles. The summed E-state index contributed by atoms with van der Waals surface area (Å²) in [6.07, 6.45) is 1.51. The SMILES string of the molecule is Cc1cc(NC(=O)Nc2ccc(-c3cc(C4(C(=O)N(C)C)CC4)nc4c3c(N)nn4C)cc2)ccc1CN1CCN(C)CC1. The lowest BCUT2D eigenvalue weighted by Gasteiger charge is -2.32. The highest BCUT2D eigenvalue weighted by Crippen LogP contribution is 2.50. The summed E-state index contributed by atoms with van der Waals surface area (Å²) in [5.74, 6) is 0.433. The number of carbonyl (C=O) groups excluding carboxylic acids is 2. The molecule has 4 N–H and O–H groups in total. The minimum Gasteiger partial charge on any atom is -0.382 e. The molecule has 230 valence electrons. The first-order chi connectivity index (χ1) is 21.0. The summed E-state index contributed by atoms with van der Waals surface area (Å²) in [5, 5.41) is 11.0. The van der Waals surface area contributed by atoms with E-state index in [-0.39, 0.29) is 11.9 Å². The topological polar surface area (TPSA) is 125 Å². The number of fused-ring (bicyclic) bond motifs is 1. The minimum absolute atomic E-state index is 0.0517. The number of anilines is 3. The second-order valence-electron chi connectivity index (χ2n) is 12.4. The van der Waals surface area contributed by atoms with Gasteiger partial charge in [-0.25, -0.2) is 14.5 Å². The third-order valence-corrected chi connectivity index (χ3v) is 8.92. The molecule has 44 heavy (non-hydrogen) atoms. The highest BCUT2D eigenvalue weighted by atomic mass is 16.2. The number of pyridine rings is 1. The van der Waals surface area contributed by atoms with Crippen LogP contribution in [0.5, 0.6) is 0 Å². The third-order valence-electron chi connectivity index (χ3n) is 8.92. The average Bonchev–Trinajstić information content (AvgIpc) is 3.75. The number of piperazine rings is 1. The lowest BCUT2D eigenvalue weighted by molar-refractivity contribution is -0.131. The molecule has 2 aliphatic rings. The number of nitrogens with two attached hydrogens (primary N) is 1. The molecule has 0 radical (unpaired) electrons. The second-order valence-corrected chi connectivity index (χ2v) is 12.4. The number of hydrogen-bond acceptors (Lipinski definition) is 7. The van der Waals surface area contributed by atoms with E-state index in [1.807, 2.05) is 42.5 Å². The highest BCUT2D eigenvalue weighted by molar-refractivity contribution is 6.03. The molecule has 1 aliphatic heterocycles. The van der Waals surface area contributed by atoms with Crippen molar-refractivity contribution in [2.24, 2.45) is 7.05 Å². The fourth-order valence-corrected chi connectivity index (χ4v) is 6.11. The molecule has 0 unspecified atom stereocenters.